The average molecular weight is 377 g/mol. The highest BCUT2D eigenvalue weighted by Gasteiger charge is 2.23. The maximum absolute atomic E-state index is 11.8. The Labute approximate surface area is 162 Å². The Bertz CT molecular complexity index is 613. The van der Waals surface area contributed by atoms with Crippen LogP contribution in [0.1, 0.15) is 25.8 Å². The van der Waals surface area contributed by atoms with E-state index in [4.69, 9.17) is 14.5 Å². The Morgan fingerprint density at radius 2 is 1.93 bits per heavy atom. The van der Waals surface area contributed by atoms with Crippen LogP contribution in [0.3, 0.4) is 0 Å². The van der Waals surface area contributed by atoms with Gasteiger partial charge in [0.25, 0.3) is 0 Å². The van der Waals surface area contributed by atoms with Gasteiger partial charge in [-0.1, -0.05) is 12.1 Å². The number of aryl methyl sites for hydroxylation is 1. The SMILES string of the molecule is CCNC(=NCCCc1cccc(OC)c1)N1CCN(C(=O)OCC)CC1. The summed E-state index contributed by atoms with van der Waals surface area (Å²) in [5.41, 5.74) is 1.26. The van der Waals surface area contributed by atoms with Crippen molar-refractivity contribution >= 4 is 12.1 Å². The predicted octanol–water partition coefficient (Wildman–Crippen LogP) is 2.37. The molecule has 0 saturated carbocycles. The molecule has 7 heteroatoms. The molecule has 0 aromatic heterocycles. The molecule has 0 spiro atoms. The van der Waals surface area contributed by atoms with E-state index >= 15 is 0 Å². The summed E-state index contributed by atoms with van der Waals surface area (Å²) in [5, 5.41) is 3.36. The van der Waals surface area contributed by atoms with Crippen molar-refractivity contribution in [3.8, 4) is 5.75 Å². The van der Waals surface area contributed by atoms with E-state index in [1.807, 2.05) is 19.1 Å². The Balaban J connectivity index is 1.82. The molecule has 2 rings (SSSR count). The number of hydrogen-bond acceptors (Lipinski definition) is 4. The number of methoxy groups -OCH3 is 1. The van der Waals surface area contributed by atoms with Crippen LogP contribution in [0.25, 0.3) is 0 Å². The standard InChI is InChI=1S/C20H32N4O3/c1-4-21-19(23-12-14-24(15-13-23)20(25)27-5-2)22-11-7-9-17-8-6-10-18(16-17)26-3/h6,8,10,16H,4-5,7,9,11-15H2,1-3H3,(H,21,22). The van der Waals surface area contributed by atoms with Crippen LogP contribution in [0, 0.1) is 0 Å². The first-order valence-electron chi connectivity index (χ1n) is 9.75. The molecular weight excluding hydrogens is 344 g/mol. The van der Waals surface area contributed by atoms with E-state index in [0.717, 1.165) is 50.7 Å². The zero-order valence-electron chi connectivity index (χ0n) is 16.7. The maximum atomic E-state index is 11.8. The van der Waals surface area contributed by atoms with Crippen molar-refractivity contribution < 1.29 is 14.3 Å². The van der Waals surface area contributed by atoms with E-state index in [1.165, 1.54) is 5.56 Å². The third-order valence-corrected chi connectivity index (χ3v) is 4.46. The molecule has 0 unspecified atom stereocenters. The highest BCUT2D eigenvalue weighted by molar-refractivity contribution is 5.80. The summed E-state index contributed by atoms with van der Waals surface area (Å²) in [4.78, 5) is 20.6. The number of benzene rings is 1. The highest BCUT2D eigenvalue weighted by atomic mass is 16.6. The molecule has 1 saturated heterocycles. The van der Waals surface area contributed by atoms with Gasteiger partial charge in [-0.25, -0.2) is 4.79 Å². The van der Waals surface area contributed by atoms with E-state index < -0.39 is 0 Å². The maximum Gasteiger partial charge on any atom is 0.409 e. The molecule has 7 nitrogen and oxygen atoms in total. The molecule has 1 aromatic rings. The number of nitrogens with one attached hydrogen (secondary N) is 1. The van der Waals surface area contributed by atoms with Crippen LogP contribution >= 0.6 is 0 Å². The molecule has 0 radical (unpaired) electrons. The van der Waals surface area contributed by atoms with Gasteiger partial charge in [-0.2, -0.15) is 0 Å². The number of rotatable bonds is 7. The van der Waals surface area contributed by atoms with E-state index in [2.05, 4.69) is 29.3 Å². The van der Waals surface area contributed by atoms with Crippen LogP contribution in [0.5, 0.6) is 5.75 Å². The fourth-order valence-corrected chi connectivity index (χ4v) is 3.04. The number of hydrogen-bond donors (Lipinski definition) is 1. The van der Waals surface area contributed by atoms with E-state index in [0.29, 0.717) is 19.7 Å². The smallest absolute Gasteiger partial charge is 0.409 e. The minimum Gasteiger partial charge on any atom is -0.497 e. The van der Waals surface area contributed by atoms with Gasteiger partial charge in [-0.3, -0.25) is 4.99 Å². The third kappa shape index (κ3) is 6.66. The summed E-state index contributed by atoms with van der Waals surface area (Å²) in [7, 11) is 1.69. The largest absolute Gasteiger partial charge is 0.497 e. The second-order valence-electron chi connectivity index (χ2n) is 6.36. The molecule has 0 atom stereocenters. The van der Waals surface area contributed by atoms with E-state index in [-0.39, 0.29) is 6.09 Å². The quantitative estimate of drug-likeness (QED) is 0.450. The zero-order chi connectivity index (χ0) is 19.5. The first-order chi connectivity index (χ1) is 13.2. The summed E-state index contributed by atoms with van der Waals surface area (Å²) >= 11 is 0. The van der Waals surface area contributed by atoms with E-state index in [1.54, 1.807) is 12.0 Å². The Kier molecular flexibility index (Phi) is 8.74. The molecule has 1 heterocycles. The summed E-state index contributed by atoms with van der Waals surface area (Å²) in [5.74, 6) is 1.82. The number of ether oxygens (including phenoxy) is 2. The molecule has 150 valence electrons. The molecular formula is C20H32N4O3. The van der Waals surface area contributed by atoms with Crippen molar-refractivity contribution in [2.24, 2.45) is 4.99 Å². The Hall–Kier alpha value is -2.44. The number of guanidine groups is 1. The lowest BCUT2D eigenvalue weighted by Crippen LogP contribution is -2.53. The predicted molar refractivity (Wildman–Crippen MR) is 107 cm³/mol. The highest BCUT2D eigenvalue weighted by Crippen LogP contribution is 2.14. The van der Waals surface area contributed by atoms with Gasteiger partial charge < -0.3 is 24.6 Å². The molecule has 27 heavy (non-hydrogen) atoms. The number of aliphatic imine (C=N–C) groups is 1. The summed E-state index contributed by atoms with van der Waals surface area (Å²) in [6.45, 7) is 8.75. The van der Waals surface area contributed by atoms with Gasteiger partial charge in [0.05, 0.1) is 13.7 Å². The summed E-state index contributed by atoms with van der Waals surface area (Å²) < 4.78 is 10.3. The molecule has 1 fully saturated rings. The van der Waals surface area contributed by atoms with Crippen LogP contribution in [0.2, 0.25) is 0 Å². The molecule has 1 N–H and O–H groups in total. The lowest BCUT2D eigenvalue weighted by Gasteiger charge is -2.35. The minimum absolute atomic E-state index is 0.225. The first-order valence-corrected chi connectivity index (χ1v) is 9.75. The third-order valence-electron chi connectivity index (χ3n) is 4.46. The number of nitrogens with zero attached hydrogens (tertiary/aromatic N) is 3. The van der Waals surface area contributed by atoms with Gasteiger partial charge in [0.15, 0.2) is 5.96 Å². The number of carbonyl (C=O) groups is 1. The molecule has 0 bridgehead atoms. The molecule has 1 aromatic carbocycles. The van der Waals surface area contributed by atoms with Crippen molar-refractivity contribution in [2.45, 2.75) is 26.7 Å². The van der Waals surface area contributed by atoms with Crippen LogP contribution in [0.15, 0.2) is 29.3 Å². The summed E-state index contributed by atoms with van der Waals surface area (Å²) in [6, 6.07) is 8.17. The second kappa shape index (κ2) is 11.3. The van der Waals surface area contributed by atoms with Crippen LogP contribution < -0.4 is 10.1 Å². The van der Waals surface area contributed by atoms with Crippen molar-refractivity contribution in [1.82, 2.24) is 15.1 Å². The normalized spacial score (nSPS) is 14.9. The van der Waals surface area contributed by atoms with E-state index in [9.17, 15) is 4.79 Å². The lowest BCUT2D eigenvalue weighted by atomic mass is 10.1. The zero-order valence-corrected chi connectivity index (χ0v) is 16.7. The lowest BCUT2D eigenvalue weighted by molar-refractivity contribution is 0.0914. The van der Waals surface area contributed by atoms with Crippen molar-refractivity contribution in [2.75, 3.05) is 53.0 Å². The fraction of sp³-hybridized carbons (Fsp3) is 0.600. The van der Waals surface area contributed by atoms with Crippen LogP contribution in [0.4, 0.5) is 4.79 Å². The molecule has 1 aliphatic heterocycles. The topological polar surface area (TPSA) is 66.4 Å². The average Bonchev–Trinajstić information content (AvgIpc) is 2.71. The monoisotopic (exact) mass is 376 g/mol. The van der Waals surface area contributed by atoms with Crippen molar-refractivity contribution in [3.05, 3.63) is 29.8 Å². The second-order valence-corrected chi connectivity index (χ2v) is 6.36. The first kappa shape index (κ1) is 20.9. The van der Waals surface area contributed by atoms with Gasteiger partial charge in [0, 0.05) is 39.3 Å². The Morgan fingerprint density at radius 1 is 1.19 bits per heavy atom. The fourth-order valence-electron chi connectivity index (χ4n) is 3.04. The number of piperazine rings is 1. The molecule has 1 aliphatic rings. The number of amides is 1. The molecule has 0 aliphatic carbocycles. The van der Waals surface area contributed by atoms with Crippen molar-refractivity contribution in [3.63, 3.8) is 0 Å². The summed E-state index contributed by atoms with van der Waals surface area (Å²) in [6.07, 6.45) is 1.72. The van der Waals surface area contributed by atoms with Crippen LogP contribution in [-0.4, -0.2) is 74.8 Å². The van der Waals surface area contributed by atoms with Gasteiger partial charge in [0.2, 0.25) is 0 Å². The van der Waals surface area contributed by atoms with Crippen molar-refractivity contribution in [1.29, 1.82) is 0 Å². The minimum atomic E-state index is -0.225. The molecule has 1 amide bonds. The van der Waals surface area contributed by atoms with Crippen LogP contribution in [-0.2, 0) is 11.2 Å². The van der Waals surface area contributed by atoms with Gasteiger partial charge >= 0.3 is 6.09 Å². The van der Waals surface area contributed by atoms with Gasteiger partial charge in [0.1, 0.15) is 5.75 Å². The Morgan fingerprint density at radius 3 is 2.59 bits per heavy atom. The number of carbonyl (C=O) groups excluding carboxylic acids is 1. The van der Waals surface area contributed by atoms with Gasteiger partial charge in [-0.15, -0.1) is 0 Å². The van der Waals surface area contributed by atoms with Gasteiger partial charge in [-0.05, 0) is 44.4 Å².